The number of carbonyl (C=O) groups excluding carboxylic acids is 1. The van der Waals surface area contributed by atoms with E-state index in [1.54, 1.807) is 0 Å². The van der Waals surface area contributed by atoms with Crippen LogP contribution in [-0.4, -0.2) is 60.3 Å². The summed E-state index contributed by atoms with van der Waals surface area (Å²) < 4.78 is 10.9. The number of hydrogen-bond acceptors (Lipinski definition) is 7. The number of nitrogens with zero attached hydrogens (tertiary/aromatic N) is 4. The van der Waals surface area contributed by atoms with E-state index in [1.165, 1.54) is 0 Å². The fourth-order valence-corrected chi connectivity index (χ4v) is 3.84. The predicted molar refractivity (Wildman–Crippen MR) is 99.3 cm³/mol. The molecule has 2 aliphatic heterocycles. The second-order valence-corrected chi connectivity index (χ2v) is 7.06. The Morgan fingerprint density at radius 2 is 1.81 bits per heavy atom. The third-order valence-electron chi connectivity index (χ3n) is 5.35. The van der Waals surface area contributed by atoms with Crippen molar-refractivity contribution in [2.45, 2.75) is 24.8 Å². The van der Waals surface area contributed by atoms with Crippen LogP contribution in [-0.2, 0) is 9.53 Å². The summed E-state index contributed by atoms with van der Waals surface area (Å²) in [5, 5.41) is 4.17. The maximum atomic E-state index is 12.0. The van der Waals surface area contributed by atoms with Gasteiger partial charge >= 0.3 is 6.01 Å². The van der Waals surface area contributed by atoms with Crippen molar-refractivity contribution in [1.29, 1.82) is 0 Å². The molecule has 0 saturated carbocycles. The van der Waals surface area contributed by atoms with E-state index in [-0.39, 0.29) is 5.91 Å². The van der Waals surface area contributed by atoms with Crippen molar-refractivity contribution in [2.24, 2.45) is 5.73 Å². The van der Waals surface area contributed by atoms with Gasteiger partial charge in [0.2, 0.25) is 5.91 Å². The number of amides is 1. The van der Waals surface area contributed by atoms with Crippen molar-refractivity contribution in [3.05, 3.63) is 41.7 Å². The highest BCUT2D eigenvalue weighted by Gasteiger charge is 2.31. The summed E-state index contributed by atoms with van der Waals surface area (Å²) >= 11 is 0. The number of nitrogens with two attached hydrogens (primary N) is 1. The zero-order chi connectivity index (χ0) is 18.6. The van der Waals surface area contributed by atoms with Gasteiger partial charge in [0.15, 0.2) is 5.82 Å². The molecule has 144 valence electrons. The lowest BCUT2D eigenvalue weighted by atomic mass is 10.00. The molecule has 1 amide bonds. The van der Waals surface area contributed by atoms with Gasteiger partial charge in [0, 0.05) is 45.3 Å². The lowest BCUT2D eigenvalue weighted by molar-refractivity contribution is -0.123. The molecular weight excluding hydrogens is 346 g/mol. The lowest BCUT2D eigenvalue weighted by Crippen LogP contribution is -2.50. The van der Waals surface area contributed by atoms with E-state index in [2.05, 4.69) is 19.9 Å². The maximum absolute atomic E-state index is 12.0. The summed E-state index contributed by atoms with van der Waals surface area (Å²) in [5.74, 6) is 0.763. The van der Waals surface area contributed by atoms with Crippen LogP contribution in [0.4, 0.5) is 6.01 Å². The number of anilines is 1. The van der Waals surface area contributed by atoms with Gasteiger partial charge in [0.1, 0.15) is 6.04 Å². The fourth-order valence-electron chi connectivity index (χ4n) is 3.84. The molecule has 2 aliphatic rings. The highest BCUT2D eigenvalue weighted by molar-refractivity contribution is 5.81. The monoisotopic (exact) mass is 371 g/mol. The number of primary amides is 1. The molecule has 0 radical (unpaired) electrons. The SMILES string of the molecule is NC(=O)C(c1ccccc1)N1CCN(c2nc(C3CCOCC3)no2)CC1. The highest BCUT2D eigenvalue weighted by Crippen LogP contribution is 2.27. The molecule has 2 fully saturated rings. The first-order valence-electron chi connectivity index (χ1n) is 9.47. The molecule has 0 aliphatic carbocycles. The van der Waals surface area contributed by atoms with E-state index in [1.807, 2.05) is 30.3 Å². The molecule has 0 spiro atoms. The number of hydrogen-bond donors (Lipinski definition) is 1. The van der Waals surface area contributed by atoms with Gasteiger partial charge in [0.25, 0.3) is 0 Å². The second kappa shape index (κ2) is 8.06. The summed E-state index contributed by atoms with van der Waals surface area (Å²) in [6.07, 6.45) is 1.87. The molecule has 1 unspecified atom stereocenters. The molecule has 2 N–H and O–H groups in total. The van der Waals surface area contributed by atoms with E-state index in [9.17, 15) is 4.79 Å². The normalized spacial score (nSPS) is 20.5. The van der Waals surface area contributed by atoms with Crippen LogP contribution in [0, 0.1) is 0 Å². The van der Waals surface area contributed by atoms with Crippen LogP contribution >= 0.6 is 0 Å². The van der Waals surface area contributed by atoms with Gasteiger partial charge in [-0.05, 0) is 18.4 Å². The van der Waals surface area contributed by atoms with Crippen molar-refractivity contribution in [1.82, 2.24) is 15.0 Å². The quantitative estimate of drug-likeness (QED) is 0.846. The smallest absolute Gasteiger partial charge is 0.324 e. The summed E-state index contributed by atoms with van der Waals surface area (Å²) in [6.45, 7) is 4.34. The Balaban J connectivity index is 1.40. The van der Waals surface area contributed by atoms with Crippen LogP contribution in [0.5, 0.6) is 0 Å². The summed E-state index contributed by atoms with van der Waals surface area (Å²) in [4.78, 5) is 20.8. The van der Waals surface area contributed by atoms with Gasteiger partial charge in [-0.2, -0.15) is 4.98 Å². The van der Waals surface area contributed by atoms with Crippen LogP contribution < -0.4 is 10.6 Å². The number of ether oxygens (including phenoxy) is 1. The summed E-state index contributed by atoms with van der Waals surface area (Å²) in [5.41, 5.74) is 6.61. The first kappa shape index (κ1) is 17.9. The number of piperazine rings is 1. The van der Waals surface area contributed by atoms with E-state index >= 15 is 0 Å². The largest absolute Gasteiger partial charge is 0.381 e. The van der Waals surface area contributed by atoms with Crippen LogP contribution in [0.15, 0.2) is 34.9 Å². The average Bonchev–Trinajstić information content (AvgIpc) is 3.20. The Hall–Kier alpha value is -2.45. The van der Waals surface area contributed by atoms with Crippen molar-refractivity contribution in [3.8, 4) is 0 Å². The molecule has 1 atom stereocenters. The number of benzene rings is 1. The first-order chi connectivity index (χ1) is 13.2. The topological polar surface area (TPSA) is 97.7 Å². The third kappa shape index (κ3) is 3.96. The van der Waals surface area contributed by atoms with E-state index in [0.717, 1.165) is 37.4 Å². The van der Waals surface area contributed by atoms with Gasteiger partial charge in [-0.3, -0.25) is 9.69 Å². The molecule has 8 heteroatoms. The third-order valence-corrected chi connectivity index (χ3v) is 5.35. The zero-order valence-corrected chi connectivity index (χ0v) is 15.3. The molecule has 4 rings (SSSR count). The zero-order valence-electron chi connectivity index (χ0n) is 15.3. The molecule has 1 aromatic carbocycles. The van der Waals surface area contributed by atoms with Crippen LogP contribution in [0.2, 0.25) is 0 Å². The van der Waals surface area contributed by atoms with E-state index in [0.29, 0.717) is 38.1 Å². The van der Waals surface area contributed by atoms with Gasteiger partial charge in [0.05, 0.1) is 0 Å². The number of rotatable bonds is 5. The predicted octanol–water partition coefficient (Wildman–Crippen LogP) is 1.31. The van der Waals surface area contributed by atoms with Crippen molar-refractivity contribution < 1.29 is 14.1 Å². The Bertz CT molecular complexity index is 752. The fraction of sp³-hybridized carbons (Fsp3) is 0.526. The van der Waals surface area contributed by atoms with E-state index in [4.69, 9.17) is 15.0 Å². The molecule has 3 heterocycles. The molecule has 2 saturated heterocycles. The van der Waals surface area contributed by atoms with Gasteiger partial charge in [-0.1, -0.05) is 35.5 Å². The Labute approximate surface area is 158 Å². The van der Waals surface area contributed by atoms with E-state index < -0.39 is 6.04 Å². The number of carbonyl (C=O) groups is 1. The Kier molecular flexibility index (Phi) is 5.35. The highest BCUT2D eigenvalue weighted by atomic mass is 16.5. The molecule has 2 aromatic rings. The van der Waals surface area contributed by atoms with Crippen molar-refractivity contribution in [3.63, 3.8) is 0 Å². The van der Waals surface area contributed by atoms with Gasteiger partial charge in [-0.25, -0.2) is 0 Å². The lowest BCUT2D eigenvalue weighted by Gasteiger charge is -2.37. The van der Waals surface area contributed by atoms with Crippen molar-refractivity contribution >= 4 is 11.9 Å². The molecule has 8 nitrogen and oxygen atoms in total. The molecular formula is C19H25N5O3. The summed E-state index contributed by atoms with van der Waals surface area (Å²) in [7, 11) is 0. The van der Waals surface area contributed by atoms with Crippen LogP contribution in [0.1, 0.15) is 36.2 Å². The van der Waals surface area contributed by atoms with Crippen LogP contribution in [0.25, 0.3) is 0 Å². The number of aromatic nitrogens is 2. The minimum atomic E-state index is -0.408. The standard InChI is InChI=1S/C19H25N5O3/c20-17(25)16(14-4-2-1-3-5-14)23-8-10-24(11-9-23)19-21-18(22-27-19)15-6-12-26-13-7-15/h1-5,15-16H,6-13H2,(H2,20,25). The van der Waals surface area contributed by atoms with Gasteiger partial charge in [-0.15, -0.1) is 0 Å². The molecule has 1 aromatic heterocycles. The minimum absolute atomic E-state index is 0.315. The Morgan fingerprint density at radius 1 is 1.11 bits per heavy atom. The molecule has 0 bridgehead atoms. The first-order valence-corrected chi connectivity index (χ1v) is 9.47. The maximum Gasteiger partial charge on any atom is 0.324 e. The Morgan fingerprint density at radius 3 is 2.48 bits per heavy atom. The van der Waals surface area contributed by atoms with Gasteiger partial charge < -0.3 is 19.9 Å². The second-order valence-electron chi connectivity index (χ2n) is 7.06. The minimum Gasteiger partial charge on any atom is -0.381 e. The molecule has 27 heavy (non-hydrogen) atoms. The average molecular weight is 371 g/mol. The summed E-state index contributed by atoms with van der Waals surface area (Å²) in [6, 6.07) is 9.83. The van der Waals surface area contributed by atoms with Crippen molar-refractivity contribution in [2.75, 3.05) is 44.3 Å². The van der Waals surface area contributed by atoms with Crippen LogP contribution in [0.3, 0.4) is 0 Å².